The van der Waals surface area contributed by atoms with Crippen molar-refractivity contribution in [2.24, 2.45) is 5.92 Å². The predicted molar refractivity (Wildman–Crippen MR) is 105 cm³/mol. The molecule has 0 spiro atoms. The first-order chi connectivity index (χ1) is 14.0. The molecule has 2 saturated heterocycles. The molecule has 8 heteroatoms. The zero-order valence-corrected chi connectivity index (χ0v) is 16.3. The minimum absolute atomic E-state index is 0.150. The third kappa shape index (κ3) is 4.17. The maximum atomic E-state index is 12.7. The van der Waals surface area contributed by atoms with Gasteiger partial charge in [0.15, 0.2) is 0 Å². The Hall–Kier alpha value is -2.74. The van der Waals surface area contributed by atoms with Crippen molar-refractivity contribution in [3.8, 4) is 0 Å². The molecule has 3 aliphatic heterocycles. The number of imide groups is 1. The zero-order valence-electron chi connectivity index (χ0n) is 16.3. The second-order valence-electron chi connectivity index (χ2n) is 8.03. The van der Waals surface area contributed by atoms with E-state index >= 15 is 0 Å². The Morgan fingerprint density at radius 3 is 2.83 bits per heavy atom. The molecule has 1 aromatic carbocycles. The van der Waals surface area contributed by atoms with Crippen molar-refractivity contribution in [2.75, 3.05) is 19.6 Å². The topological polar surface area (TPSA) is 108 Å². The molecule has 0 bridgehead atoms. The quantitative estimate of drug-likeness (QED) is 0.629. The highest BCUT2D eigenvalue weighted by atomic mass is 16.2. The molecule has 3 heterocycles. The Morgan fingerprint density at radius 1 is 1.21 bits per heavy atom. The Morgan fingerprint density at radius 2 is 2.07 bits per heavy atom. The van der Waals surface area contributed by atoms with Crippen LogP contribution in [0.15, 0.2) is 18.2 Å². The van der Waals surface area contributed by atoms with Gasteiger partial charge in [-0.15, -0.1) is 0 Å². The van der Waals surface area contributed by atoms with E-state index < -0.39 is 11.9 Å². The number of fused-ring (bicyclic) bond motifs is 1. The minimum atomic E-state index is -0.644. The monoisotopic (exact) mass is 398 g/mol. The average molecular weight is 398 g/mol. The van der Waals surface area contributed by atoms with Crippen molar-refractivity contribution in [1.82, 2.24) is 20.9 Å². The van der Waals surface area contributed by atoms with E-state index in [9.17, 15) is 19.2 Å². The predicted octanol–water partition coefficient (Wildman–Crippen LogP) is 0.567. The van der Waals surface area contributed by atoms with Crippen LogP contribution >= 0.6 is 0 Å². The summed E-state index contributed by atoms with van der Waals surface area (Å²) in [4.78, 5) is 50.2. The third-order valence-electron chi connectivity index (χ3n) is 6.02. The summed E-state index contributed by atoms with van der Waals surface area (Å²) in [5, 5.41) is 8.64. The standard InChI is InChI=1S/C21H26N4O4/c26-18-6-5-17(20(28)24-18)25-12-15-10-14(3-4-16(15)21(25)29)19(27)23-9-7-13-2-1-8-22-11-13/h3-4,10,13,17,22H,1-2,5-9,11-12H2,(H,23,27)(H,24,26,28). The van der Waals surface area contributed by atoms with E-state index in [-0.39, 0.29) is 30.7 Å². The first-order valence-corrected chi connectivity index (χ1v) is 10.3. The summed E-state index contributed by atoms with van der Waals surface area (Å²) in [6.45, 7) is 2.98. The minimum Gasteiger partial charge on any atom is -0.352 e. The lowest BCUT2D eigenvalue weighted by atomic mass is 9.96. The molecule has 3 aliphatic rings. The Labute approximate surface area is 169 Å². The molecule has 4 rings (SSSR count). The van der Waals surface area contributed by atoms with Crippen LogP contribution in [0, 0.1) is 5.92 Å². The van der Waals surface area contributed by atoms with Crippen LogP contribution in [0.25, 0.3) is 0 Å². The molecule has 1 aromatic rings. The number of piperidine rings is 2. The van der Waals surface area contributed by atoms with Gasteiger partial charge in [-0.05, 0) is 68.5 Å². The van der Waals surface area contributed by atoms with Gasteiger partial charge in [-0.3, -0.25) is 24.5 Å². The van der Waals surface area contributed by atoms with Gasteiger partial charge >= 0.3 is 0 Å². The molecule has 0 aliphatic carbocycles. The number of nitrogens with one attached hydrogen (secondary N) is 3. The van der Waals surface area contributed by atoms with Gasteiger partial charge in [-0.2, -0.15) is 0 Å². The molecule has 4 amide bonds. The normalized spacial score (nSPS) is 24.3. The second-order valence-corrected chi connectivity index (χ2v) is 8.03. The summed E-state index contributed by atoms with van der Waals surface area (Å²) in [6, 6.07) is 4.40. The van der Waals surface area contributed by atoms with Gasteiger partial charge in [0, 0.05) is 30.6 Å². The fraction of sp³-hybridized carbons (Fsp3) is 0.524. The van der Waals surface area contributed by atoms with E-state index in [0.29, 0.717) is 30.0 Å². The van der Waals surface area contributed by atoms with E-state index in [1.165, 1.54) is 17.7 Å². The maximum Gasteiger partial charge on any atom is 0.255 e. The van der Waals surface area contributed by atoms with E-state index in [4.69, 9.17) is 0 Å². The Kier molecular flexibility index (Phi) is 5.62. The number of rotatable bonds is 5. The summed E-state index contributed by atoms with van der Waals surface area (Å²) >= 11 is 0. The number of hydrogen-bond donors (Lipinski definition) is 3. The summed E-state index contributed by atoms with van der Waals surface area (Å²) in [7, 11) is 0. The van der Waals surface area contributed by atoms with Gasteiger partial charge in [0.1, 0.15) is 6.04 Å². The van der Waals surface area contributed by atoms with Crippen LogP contribution in [0.3, 0.4) is 0 Å². The van der Waals surface area contributed by atoms with Crippen LogP contribution in [0.2, 0.25) is 0 Å². The molecule has 0 aromatic heterocycles. The fourth-order valence-electron chi connectivity index (χ4n) is 4.38. The molecule has 154 valence electrons. The van der Waals surface area contributed by atoms with Crippen molar-refractivity contribution < 1.29 is 19.2 Å². The van der Waals surface area contributed by atoms with E-state index in [0.717, 1.165) is 25.1 Å². The molecule has 2 fully saturated rings. The summed E-state index contributed by atoms with van der Waals surface area (Å²) in [6.07, 6.45) is 3.88. The molecular formula is C21H26N4O4. The SMILES string of the molecule is O=C1CCC(N2Cc3cc(C(=O)NCCC4CCCNC4)ccc3C2=O)C(=O)N1. The Bertz CT molecular complexity index is 847. The van der Waals surface area contributed by atoms with Gasteiger partial charge in [-0.1, -0.05) is 0 Å². The van der Waals surface area contributed by atoms with E-state index in [1.807, 2.05) is 0 Å². The van der Waals surface area contributed by atoms with Crippen LogP contribution in [0.5, 0.6) is 0 Å². The van der Waals surface area contributed by atoms with Crippen molar-refractivity contribution in [2.45, 2.75) is 44.7 Å². The van der Waals surface area contributed by atoms with Gasteiger partial charge in [0.05, 0.1) is 0 Å². The molecule has 29 heavy (non-hydrogen) atoms. The molecular weight excluding hydrogens is 372 g/mol. The fourth-order valence-corrected chi connectivity index (χ4v) is 4.38. The maximum absolute atomic E-state index is 12.7. The van der Waals surface area contributed by atoms with Gasteiger partial charge in [-0.25, -0.2) is 0 Å². The van der Waals surface area contributed by atoms with Crippen molar-refractivity contribution >= 4 is 23.6 Å². The molecule has 3 N–H and O–H groups in total. The van der Waals surface area contributed by atoms with Crippen LogP contribution in [0.4, 0.5) is 0 Å². The molecule has 2 unspecified atom stereocenters. The summed E-state index contributed by atoms with van der Waals surface area (Å²) in [5.41, 5.74) is 1.77. The lowest BCUT2D eigenvalue weighted by molar-refractivity contribution is -0.136. The van der Waals surface area contributed by atoms with Gasteiger partial charge < -0.3 is 15.5 Å². The van der Waals surface area contributed by atoms with Crippen LogP contribution in [-0.2, 0) is 16.1 Å². The largest absolute Gasteiger partial charge is 0.352 e. The number of carbonyl (C=O) groups is 4. The number of nitrogens with zero attached hydrogens (tertiary/aromatic N) is 1. The van der Waals surface area contributed by atoms with Crippen LogP contribution in [0.1, 0.15) is 58.4 Å². The Balaban J connectivity index is 1.37. The van der Waals surface area contributed by atoms with E-state index in [1.54, 1.807) is 18.2 Å². The summed E-state index contributed by atoms with van der Waals surface area (Å²) < 4.78 is 0. The summed E-state index contributed by atoms with van der Waals surface area (Å²) in [5.74, 6) is -0.519. The number of hydrogen-bond acceptors (Lipinski definition) is 5. The average Bonchev–Trinajstić information content (AvgIpc) is 3.04. The number of amides is 4. The van der Waals surface area contributed by atoms with Gasteiger partial charge in [0.2, 0.25) is 11.8 Å². The number of benzene rings is 1. The molecule has 2 atom stereocenters. The molecule has 0 saturated carbocycles. The lowest BCUT2D eigenvalue weighted by Crippen LogP contribution is -2.52. The van der Waals surface area contributed by atoms with E-state index in [2.05, 4.69) is 16.0 Å². The van der Waals surface area contributed by atoms with Gasteiger partial charge in [0.25, 0.3) is 11.8 Å². The van der Waals surface area contributed by atoms with Crippen molar-refractivity contribution in [3.63, 3.8) is 0 Å². The van der Waals surface area contributed by atoms with Crippen LogP contribution in [-0.4, -0.2) is 54.2 Å². The first kappa shape index (κ1) is 19.6. The molecule has 8 nitrogen and oxygen atoms in total. The highest BCUT2D eigenvalue weighted by Gasteiger charge is 2.39. The highest BCUT2D eigenvalue weighted by Crippen LogP contribution is 2.28. The van der Waals surface area contributed by atoms with Crippen LogP contribution < -0.4 is 16.0 Å². The van der Waals surface area contributed by atoms with Crippen molar-refractivity contribution in [1.29, 1.82) is 0 Å². The second kappa shape index (κ2) is 8.32. The zero-order chi connectivity index (χ0) is 20.4. The smallest absolute Gasteiger partial charge is 0.255 e. The lowest BCUT2D eigenvalue weighted by Gasteiger charge is -2.29. The number of carbonyl (C=O) groups excluding carboxylic acids is 4. The first-order valence-electron chi connectivity index (χ1n) is 10.3. The highest BCUT2D eigenvalue weighted by molar-refractivity contribution is 6.06. The third-order valence-corrected chi connectivity index (χ3v) is 6.02. The molecule has 0 radical (unpaired) electrons. The van der Waals surface area contributed by atoms with Crippen molar-refractivity contribution in [3.05, 3.63) is 34.9 Å².